The Balaban J connectivity index is 2.89. The first kappa shape index (κ1) is 12.7. The average molecular weight is 225 g/mol. The molecule has 0 atom stereocenters. The highest BCUT2D eigenvalue weighted by Gasteiger charge is 2.10. The molecule has 0 aliphatic carbocycles. The van der Waals surface area contributed by atoms with E-state index in [-0.39, 0.29) is 0 Å². The molecule has 0 unspecified atom stereocenters. The lowest BCUT2D eigenvalue weighted by atomic mass is 10.2. The Hall–Kier alpha value is -1.40. The van der Waals surface area contributed by atoms with Crippen molar-refractivity contribution in [2.24, 2.45) is 17.9 Å². The van der Waals surface area contributed by atoms with E-state index in [1.807, 2.05) is 13.2 Å². The number of hydrogen-bond acceptors (Lipinski definition) is 4. The zero-order chi connectivity index (χ0) is 12.0. The summed E-state index contributed by atoms with van der Waals surface area (Å²) in [7, 11) is 3.53. The highest BCUT2D eigenvalue weighted by atomic mass is 16.5. The number of aryl methyl sites for hydroxylation is 2. The largest absolute Gasteiger partial charge is 0.383 e. The van der Waals surface area contributed by atoms with E-state index < -0.39 is 0 Å². The van der Waals surface area contributed by atoms with Gasteiger partial charge in [0.2, 0.25) is 0 Å². The van der Waals surface area contributed by atoms with Crippen LogP contribution < -0.4 is 11.3 Å². The normalized spacial score (nSPS) is 11.9. The number of amidine groups is 1. The van der Waals surface area contributed by atoms with Crippen LogP contribution in [0.15, 0.2) is 11.2 Å². The molecule has 0 fully saturated rings. The second-order valence-electron chi connectivity index (χ2n) is 3.38. The molecule has 0 aliphatic heterocycles. The van der Waals surface area contributed by atoms with Gasteiger partial charge in [-0.15, -0.1) is 0 Å². The molecular formula is C10H19N5O. The van der Waals surface area contributed by atoms with E-state index in [1.54, 1.807) is 11.8 Å². The highest BCUT2D eigenvalue weighted by Crippen LogP contribution is 2.07. The van der Waals surface area contributed by atoms with Crippen LogP contribution in [-0.2, 0) is 18.2 Å². The smallest absolute Gasteiger partial charge is 0.146 e. The van der Waals surface area contributed by atoms with Crippen LogP contribution in [0.1, 0.15) is 18.2 Å². The Labute approximate surface area is 95.5 Å². The summed E-state index contributed by atoms with van der Waals surface area (Å²) in [4.78, 5) is 4.33. The van der Waals surface area contributed by atoms with Crippen molar-refractivity contribution in [3.05, 3.63) is 17.5 Å². The molecule has 90 valence electrons. The Kier molecular flexibility index (Phi) is 4.94. The molecule has 16 heavy (non-hydrogen) atoms. The van der Waals surface area contributed by atoms with Crippen LogP contribution in [0.4, 0.5) is 0 Å². The SMILES string of the molecule is CCc1nn(C)cc1C(=NCCOC)NN. The molecule has 3 N–H and O–H groups in total. The number of nitrogens with one attached hydrogen (secondary N) is 1. The summed E-state index contributed by atoms with van der Waals surface area (Å²) < 4.78 is 6.70. The van der Waals surface area contributed by atoms with E-state index in [0.717, 1.165) is 17.7 Å². The molecule has 0 bridgehead atoms. The number of aliphatic imine (C=N–C) groups is 1. The molecule has 0 aromatic carbocycles. The van der Waals surface area contributed by atoms with Crippen LogP contribution in [0.5, 0.6) is 0 Å². The molecule has 0 saturated carbocycles. The molecular weight excluding hydrogens is 206 g/mol. The maximum Gasteiger partial charge on any atom is 0.146 e. The Morgan fingerprint density at radius 1 is 1.69 bits per heavy atom. The van der Waals surface area contributed by atoms with E-state index in [9.17, 15) is 0 Å². The minimum absolute atomic E-state index is 0.576. The van der Waals surface area contributed by atoms with Crippen molar-refractivity contribution in [3.8, 4) is 0 Å². The van der Waals surface area contributed by atoms with Crippen LogP contribution in [0.3, 0.4) is 0 Å². The van der Waals surface area contributed by atoms with Gasteiger partial charge in [-0.2, -0.15) is 5.10 Å². The van der Waals surface area contributed by atoms with Gasteiger partial charge in [0.05, 0.1) is 24.4 Å². The molecule has 0 aliphatic rings. The van der Waals surface area contributed by atoms with Crippen molar-refractivity contribution in [3.63, 3.8) is 0 Å². The standard InChI is InChI=1S/C10H19N5O/c1-4-9-8(7-15(2)14-9)10(13-11)12-5-6-16-3/h7H,4-6,11H2,1-3H3,(H,12,13). The summed E-state index contributed by atoms with van der Waals surface area (Å²) in [6.07, 6.45) is 2.76. The molecule has 0 spiro atoms. The average Bonchev–Trinajstić information content (AvgIpc) is 2.66. The highest BCUT2D eigenvalue weighted by molar-refractivity contribution is 5.99. The number of hydrazine groups is 1. The number of nitrogens with two attached hydrogens (primary N) is 1. The van der Waals surface area contributed by atoms with Crippen molar-refractivity contribution in [2.45, 2.75) is 13.3 Å². The van der Waals surface area contributed by atoms with Crippen molar-refractivity contribution in [2.75, 3.05) is 20.3 Å². The molecule has 6 nitrogen and oxygen atoms in total. The zero-order valence-corrected chi connectivity index (χ0v) is 10.0. The van der Waals surface area contributed by atoms with Crippen molar-refractivity contribution in [1.29, 1.82) is 0 Å². The lowest BCUT2D eigenvalue weighted by Gasteiger charge is -2.04. The first-order valence-corrected chi connectivity index (χ1v) is 5.25. The van der Waals surface area contributed by atoms with Crippen molar-refractivity contribution in [1.82, 2.24) is 15.2 Å². The number of aromatic nitrogens is 2. The number of methoxy groups -OCH3 is 1. The summed E-state index contributed by atoms with van der Waals surface area (Å²) >= 11 is 0. The first-order chi connectivity index (χ1) is 7.72. The molecule has 1 aromatic rings. The Morgan fingerprint density at radius 2 is 2.44 bits per heavy atom. The van der Waals surface area contributed by atoms with Crippen LogP contribution >= 0.6 is 0 Å². The summed E-state index contributed by atoms with van der Waals surface area (Å²) in [6, 6.07) is 0. The third-order valence-electron chi connectivity index (χ3n) is 2.20. The number of ether oxygens (including phenoxy) is 1. The molecule has 1 aromatic heterocycles. The quantitative estimate of drug-likeness (QED) is 0.240. The van der Waals surface area contributed by atoms with E-state index in [1.165, 1.54) is 0 Å². The predicted octanol–water partition coefficient (Wildman–Crippen LogP) is -0.161. The maximum atomic E-state index is 5.46. The lowest BCUT2D eigenvalue weighted by molar-refractivity contribution is 0.208. The third kappa shape index (κ3) is 3.04. The lowest BCUT2D eigenvalue weighted by Crippen LogP contribution is -2.32. The maximum absolute atomic E-state index is 5.46. The molecule has 1 heterocycles. The minimum atomic E-state index is 0.576. The van der Waals surface area contributed by atoms with Gasteiger partial charge in [0.15, 0.2) is 0 Å². The fourth-order valence-electron chi connectivity index (χ4n) is 1.45. The van der Waals surface area contributed by atoms with Crippen LogP contribution in [0.25, 0.3) is 0 Å². The molecule has 0 saturated heterocycles. The fourth-order valence-corrected chi connectivity index (χ4v) is 1.45. The Bertz CT molecular complexity index is 358. The van der Waals surface area contributed by atoms with Gasteiger partial charge < -0.3 is 10.2 Å². The summed E-state index contributed by atoms with van der Waals surface area (Å²) in [5, 5.41) is 4.34. The molecule has 6 heteroatoms. The van der Waals surface area contributed by atoms with Gasteiger partial charge in [-0.1, -0.05) is 6.92 Å². The van der Waals surface area contributed by atoms with Gasteiger partial charge >= 0.3 is 0 Å². The second-order valence-corrected chi connectivity index (χ2v) is 3.38. The summed E-state index contributed by atoms with van der Waals surface area (Å²) in [5.41, 5.74) is 4.54. The van der Waals surface area contributed by atoms with Gasteiger partial charge in [-0.25, -0.2) is 5.84 Å². The van der Waals surface area contributed by atoms with E-state index in [4.69, 9.17) is 10.6 Å². The van der Waals surface area contributed by atoms with Gasteiger partial charge in [0.1, 0.15) is 5.84 Å². The number of nitrogens with zero attached hydrogens (tertiary/aromatic N) is 3. The summed E-state index contributed by atoms with van der Waals surface area (Å²) in [6.45, 7) is 3.20. The monoisotopic (exact) mass is 225 g/mol. The first-order valence-electron chi connectivity index (χ1n) is 5.25. The fraction of sp³-hybridized carbons (Fsp3) is 0.600. The number of hydrogen-bond donors (Lipinski definition) is 2. The van der Waals surface area contributed by atoms with Crippen LogP contribution in [0.2, 0.25) is 0 Å². The molecule has 0 radical (unpaired) electrons. The van der Waals surface area contributed by atoms with Crippen molar-refractivity contribution >= 4 is 5.84 Å². The van der Waals surface area contributed by atoms with E-state index in [2.05, 4.69) is 22.4 Å². The third-order valence-corrected chi connectivity index (χ3v) is 2.20. The van der Waals surface area contributed by atoms with Crippen molar-refractivity contribution < 1.29 is 4.74 Å². The number of rotatable bonds is 5. The summed E-state index contributed by atoms with van der Waals surface area (Å²) in [5.74, 6) is 6.12. The van der Waals surface area contributed by atoms with E-state index in [0.29, 0.717) is 19.0 Å². The van der Waals surface area contributed by atoms with Crippen LogP contribution in [-0.4, -0.2) is 35.9 Å². The van der Waals surface area contributed by atoms with Gasteiger partial charge in [-0.05, 0) is 6.42 Å². The van der Waals surface area contributed by atoms with Gasteiger partial charge in [-0.3, -0.25) is 9.67 Å². The van der Waals surface area contributed by atoms with Gasteiger partial charge in [0, 0.05) is 20.4 Å². The minimum Gasteiger partial charge on any atom is -0.383 e. The topological polar surface area (TPSA) is 77.5 Å². The zero-order valence-electron chi connectivity index (χ0n) is 10.0. The molecule has 1 rings (SSSR count). The van der Waals surface area contributed by atoms with E-state index >= 15 is 0 Å². The molecule has 0 amide bonds. The van der Waals surface area contributed by atoms with Gasteiger partial charge in [0.25, 0.3) is 0 Å². The Morgan fingerprint density at radius 3 is 3.00 bits per heavy atom. The predicted molar refractivity (Wildman–Crippen MR) is 63.2 cm³/mol. The second kappa shape index (κ2) is 6.24. The van der Waals surface area contributed by atoms with Crippen LogP contribution in [0, 0.1) is 0 Å².